The van der Waals surface area contributed by atoms with Gasteiger partial charge in [0.2, 0.25) is 23.6 Å². The number of hydrogen-bond acceptors (Lipinski definition) is 7. The molecule has 0 aliphatic carbocycles. The minimum Gasteiger partial charge on any atom is -0.392 e. The summed E-state index contributed by atoms with van der Waals surface area (Å²) < 4.78 is 11.1. The van der Waals surface area contributed by atoms with Crippen LogP contribution in [0.5, 0.6) is 0 Å². The lowest BCUT2D eigenvalue weighted by molar-refractivity contribution is -0.132. The fraction of sp³-hybridized carbons (Fsp3) is 0.583. The maximum absolute atomic E-state index is 12.7. The number of hydrogen-bond donors (Lipinski definition) is 5. The lowest BCUT2D eigenvalue weighted by Crippen LogP contribution is -2.53. The summed E-state index contributed by atoms with van der Waals surface area (Å²) in [7, 11) is 0. The van der Waals surface area contributed by atoms with Gasteiger partial charge in [0.15, 0.2) is 0 Å². The van der Waals surface area contributed by atoms with Gasteiger partial charge in [-0.15, -0.1) is 0 Å². The molecule has 0 unspecified atom stereocenters. The molecule has 0 radical (unpaired) electrons. The van der Waals surface area contributed by atoms with Crippen LogP contribution in [0.1, 0.15) is 32.8 Å². The van der Waals surface area contributed by atoms with Crippen molar-refractivity contribution < 1.29 is 33.8 Å². The summed E-state index contributed by atoms with van der Waals surface area (Å²) in [6.07, 6.45) is 0.0715. The molecule has 5 N–H and O–H groups in total. The van der Waals surface area contributed by atoms with E-state index in [1.165, 1.54) is 0 Å². The molecule has 0 saturated heterocycles. The van der Waals surface area contributed by atoms with Crippen LogP contribution in [-0.2, 0) is 35.3 Å². The number of alkyl halides is 1. The summed E-state index contributed by atoms with van der Waals surface area (Å²) >= 11 is 1.98. The summed E-state index contributed by atoms with van der Waals surface area (Å²) in [6.45, 7) is 6.68. The second-order valence-electron chi connectivity index (χ2n) is 8.32. The zero-order chi connectivity index (χ0) is 26.9. The van der Waals surface area contributed by atoms with E-state index in [4.69, 9.17) is 14.6 Å². The van der Waals surface area contributed by atoms with E-state index in [9.17, 15) is 19.2 Å². The van der Waals surface area contributed by atoms with E-state index in [1.54, 1.807) is 45.0 Å². The van der Waals surface area contributed by atoms with Crippen LogP contribution in [-0.4, -0.2) is 78.2 Å². The lowest BCUT2D eigenvalue weighted by atomic mass is 10.0. The third-order valence-electron chi connectivity index (χ3n) is 4.96. The molecule has 12 heteroatoms. The van der Waals surface area contributed by atoms with Crippen LogP contribution in [0.4, 0.5) is 5.69 Å². The number of amides is 4. The van der Waals surface area contributed by atoms with Gasteiger partial charge in [-0.05, 0) is 30.5 Å². The van der Waals surface area contributed by atoms with Crippen LogP contribution in [0, 0.1) is 5.92 Å². The molecular formula is C24H37IN4O7. The highest BCUT2D eigenvalue weighted by molar-refractivity contribution is 14.1. The average molecular weight is 620 g/mol. The van der Waals surface area contributed by atoms with Crippen molar-refractivity contribution in [3.8, 4) is 0 Å². The minimum atomic E-state index is -0.827. The highest BCUT2D eigenvalue weighted by atomic mass is 127. The quantitative estimate of drug-likeness (QED) is 0.0978. The molecule has 0 aromatic heterocycles. The van der Waals surface area contributed by atoms with Gasteiger partial charge in [-0.2, -0.15) is 0 Å². The zero-order valence-corrected chi connectivity index (χ0v) is 23.1. The van der Waals surface area contributed by atoms with Gasteiger partial charge in [-0.1, -0.05) is 48.6 Å². The number of halogens is 1. The molecule has 1 aromatic rings. The molecule has 202 valence electrons. The molecular weight excluding hydrogens is 583 g/mol. The Hall–Kier alpha value is -2.29. The number of nitrogens with one attached hydrogen (secondary N) is 4. The fourth-order valence-electron chi connectivity index (χ4n) is 2.89. The molecule has 2 atom stereocenters. The van der Waals surface area contributed by atoms with E-state index in [0.717, 1.165) is 5.56 Å². The Bertz CT molecular complexity index is 836. The molecule has 11 nitrogen and oxygen atoms in total. The highest BCUT2D eigenvalue weighted by Crippen LogP contribution is 2.10. The maximum atomic E-state index is 12.7. The number of aliphatic hydroxyl groups excluding tert-OH is 1. The number of carbonyl (C=O) groups excluding carboxylic acids is 4. The standard InChI is InChI=1S/C24H37IN4O7/c1-16(2)22(29-20(31)8-10-35-12-13-36-11-9-26-21(32)14-25)24(34)27-17(3)23(33)28-19-6-4-18(15-30)5-7-19/h4-7,16-17,22,30H,8-15H2,1-3H3,(H,26,32)(H,27,34)(H,28,33)(H,29,31)/t17-,22-/m0/s1. The van der Waals surface area contributed by atoms with Crippen molar-refractivity contribution in [3.63, 3.8) is 0 Å². The molecule has 1 aromatic carbocycles. The number of rotatable bonds is 17. The van der Waals surface area contributed by atoms with Crippen LogP contribution >= 0.6 is 22.6 Å². The Labute approximate surface area is 225 Å². The highest BCUT2D eigenvalue weighted by Gasteiger charge is 2.27. The molecule has 4 amide bonds. The number of carbonyl (C=O) groups is 4. The smallest absolute Gasteiger partial charge is 0.246 e. The van der Waals surface area contributed by atoms with E-state index >= 15 is 0 Å². The summed E-state index contributed by atoms with van der Waals surface area (Å²) in [5.41, 5.74) is 1.26. The Morgan fingerprint density at radius 2 is 1.53 bits per heavy atom. The second kappa shape index (κ2) is 18.0. The van der Waals surface area contributed by atoms with E-state index in [0.29, 0.717) is 36.5 Å². The number of ether oxygens (including phenoxy) is 2. The van der Waals surface area contributed by atoms with Crippen molar-refractivity contribution in [1.82, 2.24) is 16.0 Å². The molecule has 0 spiro atoms. The van der Waals surface area contributed by atoms with Gasteiger partial charge in [0, 0.05) is 18.7 Å². The first kappa shape index (κ1) is 31.7. The van der Waals surface area contributed by atoms with Gasteiger partial charge in [0.1, 0.15) is 12.1 Å². The summed E-state index contributed by atoms with van der Waals surface area (Å²) in [6, 6.07) is 5.07. The minimum absolute atomic E-state index is 0.0438. The largest absolute Gasteiger partial charge is 0.392 e. The number of aliphatic hydroxyl groups is 1. The Kier molecular flexibility index (Phi) is 15.9. The molecule has 0 aliphatic heterocycles. The molecule has 0 bridgehead atoms. The van der Waals surface area contributed by atoms with Gasteiger partial charge < -0.3 is 35.8 Å². The molecule has 0 heterocycles. The Balaban J connectivity index is 2.34. The van der Waals surface area contributed by atoms with Crippen molar-refractivity contribution >= 4 is 51.9 Å². The van der Waals surface area contributed by atoms with E-state index in [1.807, 2.05) is 22.6 Å². The second-order valence-corrected chi connectivity index (χ2v) is 9.08. The van der Waals surface area contributed by atoms with Gasteiger partial charge in [-0.25, -0.2) is 0 Å². The van der Waals surface area contributed by atoms with Crippen molar-refractivity contribution in [3.05, 3.63) is 29.8 Å². The van der Waals surface area contributed by atoms with Crippen LogP contribution < -0.4 is 21.3 Å². The van der Waals surface area contributed by atoms with E-state index < -0.39 is 23.9 Å². The van der Waals surface area contributed by atoms with Crippen molar-refractivity contribution in [1.29, 1.82) is 0 Å². The van der Waals surface area contributed by atoms with Crippen LogP contribution in [0.2, 0.25) is 0 Å². The van der Waals surface area contributed by atoms with E-state index in [-0.39, 0.29) is 37.4 Å². The van der Waals surface area contributed by atoms with Gasteiger partial charge >= 0.3 is 0 Å². The Morgan fingerprint density at radius 3 is 2.11 bits per heavy atom. The fourth-order valence-corrected chi connectivity index (χ4v) is 3.16. The van der Waals surface area contributed by atoms with Gasteiger partial charge in [-0.3, -0.25) is 19.2 Å². The lowest BCUT2D eigenvalue weighted by Gasteiger charge is -2.24. The third kappa shape index (κ3) is 13.1. The van der Waals surface area contributed by atoms with Gasteiger partial charge in [0.05, 0.1) is 37.5 Å². The van der Waals surface area contributed by atoms with E-state index in [2.05, 4.69) is 21.3 Å². The molecule has 0 saturated carbocycles. The number of benzene rings is 1. The van der Waals surface area contributed by atoms with Crippen LogP contribution in [0.3, 0.4) is 0 Å². The first-order valence-corrected chi connectivity index (χ1v) is 13.3. The monoisotopic (exact) mass is 620 g/mol. The predicted molar refractivity (Wildman–Crippen MR) is 144 cm³/mol. The topological polar surface area (TPSA) is 155 Å². The van der Waals surface area contributed by atoms with Crippen molar-refractivity contribution in [2.75, 3.05) is 42.7 Å². The first-order valence-electron chi connectivity index (χ1n) is 11.8. The van der Waals surface area contributed by atoms with Crippen LogP contribution in [0.25, 0.3) is 0 Å². The molecule has 1 rings (SSSR count). The molecule has 0 aliphatic rings. The first-order chi connectivity index (χ1) is 17.2. The number of anilines is 1. The summed E-state index contributed by atoms with van der Waals surface area (Å²) in [5, 5.41) is 19.8. The summed E-state index contributed by atoms with van der Waals surface area (Å²) in [5.74, 6) is -1.44. The normalized spacial score (nSPS) is 12.5. The van der Waals surface area contributed by atoms with Crippen LogP contribution in [0.15, 0.2) is 24.3 Å². The average Bonchev–Trinajstić information content (AvgIpc) is 2.86. The molecule has 0 fully saturated rings. The third-order valence-corrected chi connectivity index (χ3v) is 5.65. The van der Waals surface area contributed by atoms with Crippen molar-refractivity contribution in [2.24, 2.45) is 5.92 Å². The summed E-state index contributed by atoms with van der Waals surface area (Å²) in [4.78, 5) is 48.6. The Morgan fingerprint density at radius 1 is 0.889 bits per heavy atom. The SMILES string of the molecule is CC(C)[C@H](NC(=O)CCOCCOCCNC(=O)CI)C(=O)N[C@@H](C)C(=O)Nc1ccc(CO)cc1. The zero-order valence-electron chi connectivity index (χ0n) is 21.0. The molecule has 36 heavy (non-hydrogen) atoms. The maximum Gasteiger partial charge on any atom is 0.246 e. The predicted octanol–water partition coefficient (Wildman–Crippen LogP) is 0.737. The van der Waals surface area contributed by atoms with Gasteiger partial charge in [0.25, 0.3) is 0 Å². The van der Waals surface area contributed by atoms with Crippen molar-refractivity contribution in [2.45, 2.75) is 45.9 Å².